The quantitative estimate of drug-likeness (QED) is 0.420. The van der Waals surface area contributed by atoms with Crippen LogP contribution in [0.5, 0.6) is 0 Å². The lowest BCUT2D eigenvalue weighted by Crippen LogP contribution is -2.32. The van der Waals surface area contributed by atoms with Crippen molar-refractivity contribution in [2.75, 3.05) is 25.0 Å². The van der Waals surface area contributed by atoms with Gasteiger partial charge in [-0.1, -0.05) is 42.0 Å². The minimum Gasteiger partial charge on any atom is -0.452 e. The van der Waals surface area contributed by atoms with Crippen molar-refractivity contribution >= 4 is 38.7 Å². The predicted octanol–water partition coefficient (Wildman–Crippen LogP) is 4.82. The molecule has 0 unspecified atom stereocenters. The maximum absolute atomic E-state index is 6.22. The summed E-state index contributed by atoms with van der Waals surface area (Å²) in [4.78, 5) is 7.40. The summed E-state index contributed by atoms with van der Waals surface area (Å²) in [5.41, 5.74) is 5.31. The third kappa shape index (κ3) is 3.58. The van der Waals surface area contributed by atoms with Crippen LogP contribution < -0.4 is 5.32 Å². The first-order chi connectivity index (χ1) is 15.8. The number of anilines is 1. The fraction of sp³-hybridized carbons (Fsp3) is 0.320. The highest BCUT2D eigenvalue weighted by atomic mass is 16.3. The van der Waals surface area contributed by atoms with Crippen molar-refractivity contribution in [2.24, 2.45) is 0 Å². The van der Waals surface area contributed by atoms with Gasteiger partial charge in [0.25, 0.3) is 0 Å². The first-order valence-corrected chi connectivity index (χ1v) is 11.4. The van der Waals surface area contributed by atoms with Crippen LogP contribution in [0.3, 0.4) is 0 Å². The Morgan fingerprint density at radius 1 is 0.906 bits per heavy atom. The molecule has 1 aliphatic heterocycles. The second-order valence-electron chi connectivity index (χ2n) is 8.51. The van der Waals surface area contributed by atoms with E-state index >= 15 is 0 Å². The summed E-state index contributed by atoms with van der Waals surface area (Å²) < 4.78 is 8.17. The minimum atomic E-state index is 0.573. The molecule has 1 aliphatic rings. The fourth-order valence-electron chi connectivity index (χ4n) is 4.65. The molecule has 0 radical (unpaired) electrons. The number of nitrogens with zero attached hydrogens (tertiary/aromatic N) is 5. The van der Waals surface area contributed by atoms with E-state index < -0.39 is 0 Å². The van der Waals surface area contributed by atoms with E-state index in [4.69, 9.17) is 9.40 Å². The van der Waals surface area contributed by atoms with Crippen LogP contribution in [0.15, 0.2) is 59.1 Å². The molecule has 5 aromatic rings. The van der Waals surface area contributed by atoms with E-state index in [1.807, 2.05) is 47.3 Å². The first-order valence-electron chi connectivity index (χ1n) is 11.4. The number of hydrogen-bond donors (Lipinski definition) is 1. The highest BCUT2D eigenvalue weighted by molar-refractivity contribution is 6.13. The van der Waals surface area contributed by atoms with E-state index in [0.29, 0.717) is 6.54 Å². The van der Waals surface area contributed by atoms with Gasteiger partial charge in [0.15, 0.2) is 5.58 Å². The van der Waals surface area contributed by atoms with Gasteiger partial charge in [0.2, 0.25) is 0 Å². The van der Waals surface area contributed by atoms with Crippen molar-refractivity contribution in [1.29, 1.82) is 0 Å². The van der Waals surface area contributed by atoms with Crippen LogP contribution in [0.1, 0.15) is 25.0 Å². The standard InChI is InChI=1S/C25H26N6O/c1-6-12-30(13-7-1)14-15-31-17-18(28-29-31)16-26-23-19-8-2-4-10-21(19)27-24-20-9-3-5-11-22(20)32-25(23)24/h2-5,8-11,17H,1,6-7,12-16H2,(H,26,27). The molecular weight excluding hydrogens is 400 g/mol. The molecule has 32 heavy (non-hydrogen) atoms. The summed E-state index contributed by atoms with van der Waals surface area (Å²) >= 11 is 0. The first kappa shape index (κ1) is 19.3. The molecule has 162 valence electrons. The summed E-state index contributed by atoms with van der Waals surface area (Å²) in [6.45, 7) is 4.88. The molecule has 0 bridgehead atoms. The summed E-state index contributed by atoms with van der Waals surface area (Å²) in [7, 11) is 0. The van der Waals surface area contributed by atoms with E-state index in [0.717, 1.165) is 57.4 Å². The van der Waals surface area contributed by atoms with Crippen molar-refractivity contribution in [2.45, 2.75) is 32.4 Å². The Bertz CT molecular complexity index is 1380. The van der Waals surface area contributed by atoms with Crippen molar-refractivity contribution in [3.8, 4) is 0 Å². The molecule has 0 spiro atoms. The number of likely N-dealkylation sites (tertiary alicyclic amines) is 1. The number of piperidine rings is 1. The van der Waals surface area contributed by atoms with Gasteiger partial charge in [-0.05, 0) is 44.1 Å². The molecule has 2 aromatic carbocycles. The average molecular weight is 427 g/mol. The zero-order valence-corrected chi connectivity index (χ0v) is 18.0. The zero-order chi connectivity index (χ0) is 21.3. The van der Waals surface area contributed by atoms with Gasteiger partial charge in [-0.2, -0.15) is 0 Å². The van der Waals surface area contributed by atoms with Crippen molar-refractivity contribution in [3.63, 3.8) is 0 Å². The number of benzene rings is 2. The molecule has 6 rings (SSSR count). The number of pyridine rings is 1. The largest absolute Gasteiger partial charge is 0.452 e. The van der Waals surface area contributed by atoms with Gasteiger partial charge in [-0.15, -0.1) is 5.10 Å². The van der Waals surface area contributed by atoms with E-state index in [1.54, 1.807) is 0 Å². The lowest BCUT2D eigenvalue weighted by Gasteiger charge is -2.25. The highest BCUT2D eigenvalue weighted by Gasteiger charge is 2.16. The molecule has 1 saturated heterocycles. The number of aromatic nitrogens is 4. The molecule has 3 aromatic heterocycles. The number of nitrogens with one attached hydrogen (secondary N) is 1. The van der Waals surface area contributed by atoms with E-state index in [2.05, 4.69) is 32.7 Å². The van der Waals surface area contributed by atoms with Gasteiger partial charge in [-0.3, -0.25) is 4.68 Å². The molecule has 4 heterocycles. The van der Waals surface area contributed by atoms with Gasteiger partial charge in [0, 0.05) is 17.3 Å². The molecule has 7 heteroatoms. The van der Waals surface area contributed by atoms with Crippen LogP contribution in [-0.2, 0) is 13.1 Å². The molecule has 0 aliphatic carbocycles. The zero-order valence-electron chi connectivity index (χ0n) is 18.0. The average Bonchev–Trinajstić information content (AvgIpc) is 3.45. The smallest absolute Gasteiger partial charge is 0.177 e. The summed E-state index contributed by atoms with van der Waals surface area (Å²) in [5.74, 6) is 0. The summed E-state index contributed by atoms with van der Waals surface area (Å²) in [6.07, 6.45) is 6.01. The lowest BCUT2D eigenvalue weighted by atomic mass is 10.1. The number of hydrogen-bond acceptors (Lipinski definition) is 6. The summed E-state index contributed by atoms with van der Waals surface area (Å²) in [5, 5.41) is 14.4. The second kappa shape index (κ2) is 8.24. The Labute approximate surface area is 186 Å². The highest BCUT2D eigenvalue weighted by Crippen LogP contribution is 2.36. The normalized spacial score (nSPS) is 15.1. The number of furan rings is 1. The maximum atomic E-state index is 6.22. The molecule has 1 fully saturated rings. The summed E-state index contributed by atoms with van der Waals surface area (Å²) in [6, 6.07) is 16.2. The van der Waals surface area contributed by atoms with Gasteiger partial charge < -0.3 is 14.6 Å². The molecule has 0 saturated carbocycles. The molecular formula is C25H26N6O. The van der Waals surface area contributed by atoms with Gasteiger partial charge in [0.05, 0.1) is 30.5 Å². The van der Waals surface area contributed by atoms with Crippen LogP contribution in [0.2, 0.25) is 0 Å². The topological polar surface area (TPSA) is 72.0 Å². The van der Waals surface area contributed by atoms with Crippen LogP contribution in [0.25, 0.3) is 33.0 Å². The predicted molar refractivity (Wildman–Crippen MR) is 127 cm³/mol. The Balaban J connectivity index is 1.26. The SMILES string of the molecule is c1ccc2c(NCc3cn(CCN4CCCCC4)nn3)c3oc4ccccc4c3nc2c1. The number of para-hydroxylation sites is 2. The molecule has 0 amide bonds. The van der Waals surface area contributed by atoms with Crippen molar-refractivity contribution < 1.29 is 4.42 Å². The third-order valence-electron chi connectivity index (χ3n) is 6.33. The fourth-order valence-corrected chi connectivity index (χ4v) is 4.65. The minimum absolute atomic E-state index is 0.573. The molecule has 1 N–H and O–H groups in total. The maximum Gasteiger partial charge on any atom is 0.177 e. The van der Waals surface area contributed by atoms with Crippen LogP contribution in [-0.4, -0.2) is 44.5 Å². The Kier molecular flexibility index (Phi) is 4.96. The Morgan fingerprint density at radius 2 is 1.72 bits per heavy atom. The van der Waals surface area contributed by atoms with E-state index in [9.17, 15) is 0 Å². The number of fused-ring (bicyclic) bond motifs is 4. The van der Waals surface area contributed by atoms with Crippen LogP contribution in [0, 0.1) is 0 Å². The number of rotatable bonds is 6. The Morgan fingerprint density at radius 3 is 2.62 bits per heavy atom. The van der Waals surface area contributed by atoms with Crippen molar-refractivity contribution in [3.05, 3.63) is 60.4 Å². The van der Waals surface area contributed by atoms with Crippen LogP contribution in [0.4, 0.5) is 5.69 Å². The molecule has 0 atom stereocenters. The third-order valence-corrected chi connectivity index (χ3v) is 6.33. The van der Waals surface area contributed by atoms with Gasteiger partial charge in [-0.25, -0.2) is 4.98 Å². The Hall–Kier alpha value is -3.45. The molecule has 7 nitrogen and oxygen atoms in total. The van der Waals surface area contributed by atoms with E-state index in [1.165, 1.54) is 32.4 Å². The van der Waals surface area contributed by atoms with Crippen molar-refractivity contribution in [1.82, 2.24) is 24.9 Å². The van der Waals surface area contributed by atoms with Gasteiger partial charge >= 0.3 is 0 Å². The lowest BCUT2D eigenvalue weighted by molar-refractivity contribution is 0.217. The monoisotopic (exact) mass is 426 g/mol. The van der Waals surface area contributed by atoms with Crippen LogP contribution >= 0.6 is 0 Å². The second-order valence-corrected chi connectivity index (χ2v) is 8.51. The van der Waals surface area contributed by atoms with E-state index in [-0.39, 0.29) is 0 Å². The van der Waals surface area contributed by atoms with Gasteiger partial charge in [0.1, 0.15) is 16.8 Å².